The van der Waals surface area contributed by atoms with Gasteiger partial charge in [-0.1, -0.05) is 0 Å². The van der Waals surface area contributed by atoms with Gasteiger partial charge in [-0.3, -0.25) is 4.79 Å². The van der Waals surface area contributed by atoms with Gasteiger partial charge in [0.25, 0.3) is 0 Å². The number of methoxy groups -OCH3 is 1. The molecule has 1 heterocycles. The van der Waals surface area contributed by atoms with E-state index >= 15 is 0 Å². The highest BCUT2D eigenvalue weighted by Gasteiger charge is 2.44. The van der Waals surface area contributed by atoms with E-state index in [2.05, 4.69) is 0 Å². The lowest BCUT2D eigenvalue weighted by Crippen LogP contribution is -2.60. The lowest BCUT2D eigenvalue weighted by Gasteiger charge is -2.39. The van der Waals surface area contributed by atoms with Crippen molar-refractivity contribution < 1.29 is 39.4 Å². The van der Waals surface area contributed by atoms with Crippen molar-refractivity contribution >= 4 is 5.78 Å². The summed E-state index contributed by atoms with van der Waals surface area (Å²) in [5.41, 5.74) is 0.419. The molecule has 1 fully saturated rings. The second-order valence-electron chi connectivity index (χ2n) is 5.24. The Balaban J connectivity index is 2.22. The minimum absolute atomic E-state index is 0.150. The van der Waals surface area contributed by atoms with Crippen molar-refractivity contribution in [1.29, 1.82) is 0 Å². The van der Waals surface area contributed by atoms with Crippen molar-refractivity contribution in [3.8, 4) is 11.5 Å². The molecule has 8 nitrogen and oxygen atoms in total. The average molecular weight is 328 g/mol. The van der Waals surface area contributed by atoms with Gasteiger partial charge in [0.2, 0.25) is 6.29 Å². The monoisotopic (exact) mass is 328 g/mol. The van der Waals surface area contributed by atoms with Crippen LogP contribution in [0.4, 0.5) is 0 Å². The molecule has 1 aromatic carbocycles. The molecular formula is C15H20O8. The molecule has 1 aliphatic heterocycles. The summed E-state index contributed by atoms with van der Waals surface area (Å²) in [4.78, 5) is 11.4. The molecule has 1 aromatic rings. The highest BCUT2D eigenvalue weighted by Crippen LogP contribution is 2.32. The van der Waals surface area contributed by atoms with E-state index < -0.39 is 37.3 Å². The molecule has 4 N–H and O–H groups in total. The van der Waals surface area contributed by atoms with Crippen LogP contribution in [0.15, 0.2) is 18.2 Å². The molecule has 23 heavy (non-hydrogen) atoms. The summed E-state index contributed by atoms with van der Waals surface area (Å²) in [6, 6.07) is 4.46. The molecule has 1 saturated heterocycles. The number of ether oxygens (including phenoxy) is 3. The smallest absolute Gasteiger partial charge is 0.229 e. The normalized spacial score (nSPS) is 30.8. The van der Waals surface area contributed by atoms with Gasteiger partial charge in [-0.15, -0.1) is 0 Å². The van der Waals surface area contributed by atoms with Crippen LogP contribution in [0.3, 0.4) is 0 Å². The second kappa shape index (κ2) is 7.24. The van der Waals surface area contributed by atoms with E-state index in [0.29, 0.717) is 5.56 Å². The standard InChI is InChI=1S/C15H20O8/c1-7(17)8-3-4-9(10(5-8)21-2)22-15-14(20)13(19)12(18)11(6-16)23-15/h3-5,11-16,18-20H,6H2,1-2H3/t11-,12-,13+,14-,15-/m0/s1. The molecule has 0 radical (unpaired) electrons. The SMILES string of the molecule is COc1cc(C(C)=O)ccc1O[C@H]1O[C@@H](CO)[C@H](O)[C@@H](O)[C@@H]1O. The quantitative estimate of drug-likeness (QED) is 0.511. The maximum Gasteiger partial charge on any atom is 0.229 e. The lowest BCUT2D eigenvalue weighted by molar-refractivity contribution is -0.277. The van der Waals surface area contributed by atoms with E-state index in [1.165, 1.54) is 32.2 Å². The molecular weight excluding hydrogens is 308 g/mol. The highest BCUT2D eigenvalue weighted by atomic mass is 16.7. The van der Waals surface area contributed by atoms with Crippen LogP contribution in [0.1, 0.15) is 17.3 Å². The number of carbonyl (C=O) groups excluding carboxylic acids is 1. The van der Waals surface area contributed by atoms with Gasteiger partial charge in [0.15, 0.2) is 17.3 Å². The summed E-state index contributed by atoms with van der Waals surface area (Å²) in [5, 5.41) is 38.6. The Kier molecular flexibility index (Phi) is 5.55. The molecule has 0 aromatic heterocycles. The van der Waals surface area contributed by atoms with Crippen LogP contribution >= 0.6 is 0 Å². The molecule has 1 aliphatic rings. The third kappa shape index (κ3) is 3.62. The zero-order valence-corrected chi connectivity index (χ0v) is 12.7. The fraction of sp³-hybridized carbons (Fsp3) is 0.533. The van der Waals surface area contributed by atoms with Gasteiger partial charge in [-0.2, -0.15) is 0 Å². The summed E-state index contributed by atoms with van der Waals surface area (Å²) in [5.74, 6) is 0.277. The molecule has 8 heteroatoms. The summed E-state index contributed by atoms with van der Waals surface area (Å²) < 4.78 is 15.9. The van der Waals surface area contributed by atoms with Crippen LogP contribution in [0.5, 0.6) is 11.5 Å². The number of aliphatic hydroxyl groups is 4. The summed E-state index contributed by atoms with van der Waals surface area (Å²) >= 11 is 0. The lowest BCUT2D eigenvalue weighted by atomic mass is 9.99. The van der Waals surface area contributed by atoms with Crippen LogP contribution in [-0.2, 0) is 4.74 Å². The zero-order valence-electron chi connectivity index (χ0n) is 12.7. The van der Waals surface area contributed by atoms with E-state index in [0.717, 1.165) is 0 Å². The Morgan fingerprint density at radius 2 is 1.87 bits per heavy atom. The summed E-state index contributed by atoms with van der Waals surface area (Å²) in [7, 11) is 1.39. The molecule has 5 atom stereocenters. The minimum atomic E-state index is -1.53. The van der Waals surface area contributed by atoms with Crippen molar-refractivity contribution in [1.82, 2.24) is 0 Å². The van der Waals surface area contributed by atoms with Crippen molar-refractivity contribution in [2.24, 2.45) is 0 Å². The molecule has 128 valence electrons. The minimum Gasteiger partial charge on any atom is -0.493 e. The number of hydrogen-bond donors (Lipinski definition) is 4. The number of rotatable bonds is 5. The van der Waals surface area contributed by atoms with Gasteiger partial charge in [0.1, 0.15) is 24.4 Å². The maximum absolute atomic E-state index is 11.4. The molecule has 0 spiro atoms. The summed E-state index contributed by atoms with van der Waals surface area (Å²) in [6.45, 7) is 0.859. The van der Waals surface area contributed by atoms with Gasteiger partial charge in [-0.05, 0) is 25.1 Å². The Hall–Kier alpha value is -1.71. The Morgan fingerprint density at radius 3 is 2.43 bits per heavy atom. The van der Waals surface area contributed by atoms with Crippen molar-refractivity contribution in [2.75, 3.05) is 13.7 Å². The largest absolute Gasteiger partial charge is 0.493 e. The first-order chi connectivity index (χ1) is 10.9. The van der Waals surface area contributed by atoms with Gasteiger partial charge >= 0.3 is 0 Å². The highest BCUT2D eigenvalue weighted by molar-refractivity contribution is 5.94. The van der Waals surface area contributed by atoms with Gasteiger partial charge < -0.3 is 34.6 Å². The number of Topliss-reactive ketones (excluding diaryl/α,β-unsaturated/α-hetero) is 1. The molecule has 2 rings (SSSR count). The van der Waals surface area contributed by atoms with Crippen molar-refractivity contribution in [2.45, 2.75) is 37.6 Å². The van der Waals surface area contributed by atoms with Crippen LogP contribution in [0, 0.1) is 0 Å². The van der Waals surface area contributed by atoms with E-state index in [-0.39, 0.29) is 17.3 Å². The number of benzene rings is 1. The third-order valence-corrected chi connectivity index (χ3v) is 3.66. The number of aliphatic hydroxyl groups excluding tert-OH is 4. The number of carbonyl (C=O) groups is 1. The first-order valence-electron chi connectivity index (χ1n) is 7.05. The zero-order chi connectivity index (χ0) is 17.1. The molecule has 0 aliphatic carbocycles. The maximum atomic E-state index is 11.4. The molecule has 0 unspecified atom stereocenters. The van der Waals surface area contributed by atoms with E-state index in [1.54, 1.807) is 0 Å². The second-order valence-corrected chi connectivity index (χ2v) is 5.24. The van der Waals surface area contributed by atoms with Gasteiger partial charge in [-0.25, -0.2) is 0 Å². The predicted octanol–water partition coefficient (Wildman–Crippen LogP) is -0.924. The van der Waals surface area contributed by atoms with Crippen molar-refractivity contribution in [3.63, 3.8) is 0 Å². The Labute approximate surface area is 132 Å². The number of ketones is 1. The first-order valence-corrected chi connectivity index (χ1v) is 7.05. The third-order valence-electron chi connectivity index (χ3n) is 3.66. The predicted molar refractivity (Wildman–Crippen MR) is 77.4 cm³/mol. The van der Waals surface area contributed by atoms with E-state index in [4.69, 9.17) is 19.3 Å². The molecule has 0 saturated carbocycles. The Morgan fingerprint density at radius 1 is 1.17 bits per heavy atom. The van der Waals surface area contributed by atoms with Crippen LogP contribution < -0.4 is 9.47 Å². The van der Waals surface area contributed by atoms with Gasteiger partial charge in [0.05, 0.1) is 13.7 Å². The topological polar surface area (TPSA) is 126 Å². The van der Waals surface area contributed by atoms with E-state index in [1.807, 2.05) is 0 Å². The Bertz CT molecular complexity index is 558. The first kappa shape index (κ1) is 17.6. The van der Waals surface area contributed by atoms with E-state index in [9.17, 15) is 20.1 Å². The van der Waals surface area contributed by atoms with Gasteiger partial charge in [0, 0.05) is 5.56 Å². The van der Waals surface area contributed by atoms with Crippen molar-refractivity contribution in [3.05, 3.63) is 23.8 Å². The van der Waals surface area contributed by atoms with Crippen LogP contribution in [-0.4, -0.2) is 70.6 Å². The summed E-state index contributed by atoms with van der Waals surface area (Å²) in [6.07, 6.45) is -6.90. The average Bonchev–Trinajstić information content (AvgIpc) is 2.55. The molecule has 0 bridgehead atoms. The van der Waals surface area contributed by atoms with Crippen LogP contribution in [0.2, 0.25) is 0 Å². The fourth-order valence-corrected chi connectivity index (χ4v) is 2.27. The number of hydrogen-bond acceptors (Lipinski definition) is 8. The molecule has 0 amide bonds. The fourth-order valence-electron chi connectivity index (χ4n) is 2.27. The van der Waals surface area contributed by atoms with Crippen LogP contribution in [0.25, 0.3) is 0 Å².